The molecule has 0 radical (unpaired) electrons. The van der Waals surface area contributed by atoms with Crippen LogP contribution in [0.4, 0.5) is 0 Å². The molecule has 10 heteroatoms. The van der Waals surface area contributed by atoms with Crippen LogP contribution in [0.1, 0.15) is 31.8 Å². The van der Waals surface area contributed by atoms with Crippen molar-refractivity contribution >= 4 is 24.2 Å². The number of nitrogens with one attached hydrogen (secondary N) is 2. The molecule has 0 aliphatic carbocycles. The van der Waals surface area contributed by atoms with Gasteiger partial charge in [0.1, 0.15) is 0 Å². The summed E-state index contributed by atoms with van der Waals surface area (Å²) in [4.78, 5) is 24.6. The molecule has 10 nitrogen and oxygen atoms in total. The molecule has 0 aliphatic rings. The topological polar surface area (TPSA) is 120 Å². The predicted molar refractivity (Wildman–Crippen MR) is 136 cm³/mol. The molecule has 0 heterocycles. The lowest BCUT2D eigenvalue weighted by Crippen LogP contribution is -2.17. The molecule has 0 saturated carbocycles. The van der Waals surface area contributed by atoms with Crippen LogP contribution in [0.2, 0.25) is 0 Å². The minimum absolute atomic E-state index is 0.381. The van der Waals surface area contributed by atoms with Gasteiger partial charge < -0.3 is 18.9 Å². The van der Waals surface area contributed by atoms with Crippen LogP contribution in [0, 0.1) is 0 Å². The van der Waals surface area contributed by atoms with Crippen molar-refractivity contribution in [3.05, 3.63) is 82.9 Å². The highest BCUT2D eigenvalue weighted by Crippen LogP contribution is 2.28. The molecule has 186 valence electrons. The summed E-state index contributed by atoms with van der Waals surface area (Å²) in [6, 6.07) is 16.8. The first-order chi connectivity index (χ1) is 17.5. The van der Waals surface area contributed by atoms with E-state index in [2.05, 4.69) is 21.1 Å². The van der Waals surface area contributed by atoms with Crippen LogP contribution in [-0.2, 0) is 0 Å². The van der Waals surface area contributed by atoms with Crippen LogP contribution in [0.5, 0.6) is 23.0 Å². The number of hydrogen-bond acceptors (Lipinski definition) is 8. The number of rotatable bonds is 10. The maximum Gasteiger partial charge on any atom is 0.271 e. The maximum atomic E-state index is 12.3. The summed E-state index contributed by atoms with van der Waals surface area (Å²) in [6.45, 7) is 0. The molecule has 0 atom stereocenters. The highest BCUT2D eigenvalue weighted by Gasteiger charge is 2.11. The fourth-order valence-electron chi connectivity index (χ4n) is 3.08. The van der Waals surface area contributed by atoms with E-state index < -0.39 is 0 Å². The van der Waals surface area contributed by atoms with Crippen molar-refractivity contribution in [3.63, 3.8) is 0 Å². The zero-order chi connectivity index (χ0) is 25.9. The van der Waals surface area contributed by atoms with E-state index in [9.17, 15) is 9.59 Å². The Kier molecular flexibility index (Phi) is 8.99. The summed E-state index contributed by atoms with van der Waals surface area (Å²) in [5.41, 5.74) is 7.22. The van der Waals surface area contributed by atoms with Gasteiger partial charge in [-0.25, -0.2) is 10.9 Å². The van der Waals surface area contributed by atoms with Crippen LogP contribution in [-0.4, -0.2) is 52.7 Å². The van der Waals surface area contributed by atoms with Gasteiger partial charge >= 0.3 is 0 Å². The second-order valence-electron chi connectivity index (χ2n) is 7.20. The van der Waals surface area contributed by atoms with Crippen molar-refractivity contribution in [2.24, 2.45) is 10.2 Å². The Labute approximate surface area is 208 Å². The van der Waals surface area contributed by atoms with E-state index in [1.54, 1.807) is 60.7 Å². The third kappa shape index (κ3) is 6.60. The smallest absolute Gasteiger partial charge is 0.271 e. The molecule has 0 bridgehead atoms. The number of benzene rings is 3. The number of carbonyl (C=O) groups excluding carboxylic acids is 2. The van der Waals surface area contributed by atoms with E-state index in [1.807, 2.05) is 0 Å². The number of methoxy groups -OCH3 is 4. The van der Waals surface area contributed by atoms with Crippen molar-refractivity contribution in [2.75, 3.05) is 28.4 Å². The van der Waals surface area contributed by atoms with E-state index in [0.717, 1.165) is 11.1 Å². The third-order valence-electron chi connectivity index (χ3n) is 4.99. The van der Waals surface area contributed by atoms with Crippen molar-refractivity contribution in [1.29, 1.82) is 0 Å². The molecule has 0 unspecified atom stereocenters. The Morgan fingerprint density at radius 3 is 1.28 bits per heavy atom. The molecule has 0 fully saturated rings. The van der Waals surface area contributed by atoms with Crippen molar-refractivity contribution in [3.8, 4) is 23.0 Å². The van der Waals surface area contributed by atoms with Crippen LogP contribution in [0.25, 0.3) is 0 Å². The minimum atomic E-state index is -0.388. The first-order valence-electron chi connectivity index (χ1n) is 10.7. The van der Waals surface area contributed by atoms with Crippen LogP contribution in [0.3, 0.4) is 0 Å². The van der Waals surface area contributed by atoms with Gasteiger partial charge in [-0.3, -0.25) is 9.59 Å². The van der Waals surface area contributed by atoms with Gasteiger partial charge in [-0.2, -0.15) is 10.2 Å². The lowest BCUT2D eigenvalue weighted by Gasteiger charge is -2.08. The molecular weight excluding hydrogens is 464 g/mol. The van der Waals surface area contributed by atoms with Gasteiger partial charge in [0.25, 0.3) is 11.8 Å². The van der Waals surface area contributed by atoms with Crippen molar-refractivity contribution < 1.29 is 28.5 Å². The quantitative estimate of drug-likeness (QED) is 0.333. The summed E-state index contributed by atoms with van der Waals surface area (Å²) >= 11 is 0. The first kappa shape index (κ1) is 25.8. The summed E-state index contributed by atoms with van der Waals surface area (Å²) in [6.07, 6.45) is 3.02. The Morgan fingerprint density at radius 2 is 0.944 bits per heavy atom. The van der Waals surface area contributed by atoms with Gasteiger partial charge in [-0.05, 0) is 47.5 Å². The molecule has 3 rings (SSSR count). The number of amides is 2. The zero-order valence-corrected chi connectivity index (χ0v) is 20.3. The lowest BCUT2D eigenvalue weighted by atomic mass is 10.1. The Hall–Kier alpha value is -4.86. The van der Waals surface area contributed by atoms with Crippen LogP contribution in [0.15, 0.2) is 70.9 Å². The SMILES string of the molecule is COc1ccc(C(=O)NN=Cc2ccc(C=NNC(=O)c3ccc(OC)c(OC)c3)cc2)cc1OC. The molecule has 36 heavy (non-hydrogen) atoms. The summed E-state index contributed by atoms with van der Waals surface area (Å²) in [7, 11) is 6.04. The van der Waals surface area contributed by atoms with E-state index in [-0.39, 0.29) is 11.8 Å². The molecule has 0 aliphatic heterocycles. The molecule has 0 aromatic heterocycles. The van der Waals surface area contributed by atoms with Crippen LogP contribution >= 0.6 is 0 Å². The number of hydrazone groups is 2. The normalized spacial score (nSPS) is 10.8. The Morgan fingerprint density at radius 1 is 0.583 bits per heavy atom. The van der Waals surface area contributed by atoms with Crippen molar-refractivity contribution in [1.82, 2.24) is 10.9 Å². The number of nitrogens with zero attached hydrogens (tertiary/aromatic N) is 2. The van der Waals surface area contributed by atoms with E-state index in [0.29, 0.717) is 34.1 Å². The summed E-state index contributed by atoms with van der Waals surface area (Å²) < 4.78 is 20.7. The molecule has 2 N–H and O–H groups in total. The Bertz CT molecular complexity index is 1170. The lowest BCUT2D eigenvalue weighted by molar-refractivity contribution is 0.0946. The standard InChI is InChI=1S/C26H26N4O6/c1-33-21-11-9-19(13-23(21)35-3)25(31)29-27-15-17-5-7-18(8-6-17)16-28-30-26(32)20-10-12-22(34-2)24(14-20)36-4/h5-16H,1-4H3,(H,29,31)(H,30,32). The highest BCUT2D eigenvalue weighted by molar-refractivity contribution is 5.96. The largest absolute Gasteiger partial charge is 0.493 e. The molecule has 0 spiro atoms. The van der Waals surface area contributed by atoms with Gasteiger partial charge in [0.2, 0.25) is 0 Å². The fourth-order valence-corrected chi connectivity index (χ4v) is 3.08. The van der Waals surface area contributed by atoms with Gasteiger partial charge in [0, 0.05) is 11.1 Å². The first-order valence-corrected chi connectivity index (χ1v) is 10.7. The van der Waals surface area contributed by atoms with Crippen molar-refractivity contribution in [2.45, 2.75) is 0 Å². The molecule has 3 aromatic carbocycles. The second-order valence-corrected chi connectivity index (χ2v) is 7.20. The molecular formula is C26H26N4O6. The highest BCUT2D eigenvalue weighted by atomic mass is 16.5. The van der Waals surface area contributed by atoms with E-state index >= 15 is 0 Å². The van der Waals surface area contributed by atoms with Gasteiger partial charge in [0.15, 0.2) is 23.0 Å². The summed E-state index contributed by atoms with van der Waals surface area (Å²) in [5.74, 6) is 1.18. The predicted octanol–water partition coefficient (Wildman–Crippen LogP) is 3.25. The summed E-state index contributed by atoms with van der Waals surface area (Å²) in [5, 5.41) is 7.97. The third-order valence-corrected chi connectivity index (χ3v) is 4.99. The minimum Gasteiger partial charge on any atom is -0.493 e. The maximum absolute atomic E-state index is 12.3. The average Bonchev–Trinajstić information content (AvgIpc) is 2.92. The average molecular weight is 491 g/mol. The molecule has 3 aromatic rings. The van der Waals surface area contributed by atoms with Gasteiger partial charge in [-0.15, -0.1) is 0 Å². The molecule has 2 amide bonds. The second kappa shape index (κ2) is 12.6. The number of hydrogen-bond donors (Lipinski definition) is 2. The van der Waals surface area contributed by atoms with E-state index in [4.69, 9.17) is 18.9 Å². The van der Waals surface area contributed by atoms with Crippen LogP contribution < -0.4 is 29.8 Å². The fraction of sp³-hybridized carbons (Fsp3) is 0.154. The zero-order valence-electron chi connectivity index (χ0n) is 20.3. The Balaban J connectivity index is 1.54. The van der Waals surface area contributed by atoms with E-state index in [1.165, 1.54) is 40.9 Å². The molecule has 0 saturated heterocycles. The van der Waals surface area contributed by atoms with Gasteiger partial charge in [-0.1, -0.05) is 24.3 Å². The number of ether oxygens (including phenoxy) is 4. The monoisotopic (exact) mass is 490 g/mol. The number of carbonyl (C=O) groups is 2. The van der Waals surface area contributed by atoms with Gasteiger partial charge in [0.05, 0.1) is 40.9 Å².